The van der Waals surface area contributed by atoms with E-state index in [1.54, 1.807) is 24.3 Å². The molecule has 0 fully saturated rings. The lowest BCUT2D eigenvalue weighted by molar-refractivity contribution is -0.137. The van der Waals surface area contributed by atoms with Crippen molar-refractivity contribution < 1.29 is 22.8 Å². The summed E-state index contributed by atoms with van der Waals surface area (Å²) in [5.74, 6) is -1.67. The van der Waals surface area contributed by atoms with E-state index in [1.165, 1.54) is 6.07 Å². The summed E-state index contributed by atoms with van der Waals surface area (Å²) in [6, 6.07) is 9.93. The van der Waals surface area contributed by atoms with Crippen LogP contribution in [0.25, 0.3) is 0 Å². The summed E-state index contributed by atoms with van der Waals surface area (Å²) >= 11 is 5.57. The van der Waals surface area contributed by atoms with E-state index in [9.17, 15) is 22.8 Å². The molecule has 2 aromatic rings. The van der Waals surface area contributed by atoms with E-state index in [2.05, 4.69) is 10.6 Å². The zero-order chi connectivity index (χ0) is 18.2. The summed E-state index contributed by atoms with van der Waals surface area (Å²) in [6.45, 7) is 0. The zero-order valence-electron chi connectivity index (χ0n) is 12.7. The lowest BCUT2D eigenvalue weighted by Crippen LogP contribution is -2.30. The van der Waals surface area contributed by atoms with Crippen molar-refractivity contribution in [1.29, 1.82) is 0 Å². The number of amides is 2. The van der Waals surface area contributed by atoms with E-state index in [1.807, 2.05) is 0 Å². The standard InChI is InChI=1S/C17H12ClF3N2O2/c18-13-6-5-9(7-12(13)17(19,20)21)22-16(25)11-8-15(24)23-14-4-2-1-3-10(11)14/h1-7,11H,8H2,(H,22,25)(H,23,24). The minimum atomic E-state index is -4.63. The van der Waals surface area contributed by atoms with Crippen molar-refractivity contribution in [3.63, 3.8) is 0 Å². The first-order valence-corrected chi connectivity index (χ1v) is 7.70. The van der Waals surface area contributed by atoms with Crippen LogP contribution in [-0.2, 0) is 15.8 Å². The van der Waals surface area contributed by atoms with Gasteiger partial charge in [-0.25, -0.2) is 0 Å². The van der Waals surface area contributed by atoms with Crippen molar-refractivity contribution in [3.05, 3.63) is 58.6 Å². The summed E-state index contributed by atoms with van der Waals surface area (Å²) in [5, 5.41) is 4.64. The maximum atomic E-state index is 12.9. The van der Waals surface area contributed by atoms with Gasteiger partial charge in [-0.3, -0.25) is 9.59 Å². The molecule has 25 heavy (non-hydrogen) atoms. The molecule has 0 aromatic heterocycles. The molecule has 0 saturated heterocycles. The van der Waals surface area contributed by atoms with E-state index >= 15 is 0 Å². The summed E-state index contributed by atoms with van der Waals surface area (Å²) in [7, 11) is 0. The van der Waals surface area contributed by atoms with E-state index in [-0.39, 0.29) is 18.0 Å². The zero-order valence-corrected chi connectivity index (χ0v) is 13.4. The number of hydrogen-bond donors (Lipinski definition) is 2. The number of anilines is 2. The van der Waals surface area contributed by atoms with E-state index in [0.29, 0.717) is 11.3 Å². The highest BCUT2D eigenvalue weighted by atomic mass is 35.5. The van der Waals surface area contributed by atoms with E-state index < -0.39 is 28.6 Å². The van der Waals surface area contributed by atoms with Gasteiger partial charge in [-0.2, -0.15) is 13.2 Å². The quantitative estimate of drug-likeness (QED) is 0.824. The number of nitrogens with one attached hydrogen (secondary N) is 2. The minimum Gasteiger partial charge on any atom is -0.326 e. The van der Waals surface area contributed by atoms with Crippen LogP contribution in [0.1, 0.15) is 23.5 Å². The third kappa shape index (κ3) is 3.61. The number of rotatable bonds is 2. The second-order valence-electron chi connectivity index (χ2n) is 5.57. The van der Waals surface area contributed by atoms with Crippen LogP contribution in [-0.4, -0.2) is 11.8 Å². The monoisotopic (exact) mass is 368 g/mol. The van der Waals surface area contributed by atoms with Crippen LogP contribution < -0.4 is 10.6 Å². The molecule has 1 unspecified atom stereocenters. The van der Waals surface area contributed by atoms with Crippen molar-refractivity contribution in [1.82, 2.24) is 0 Å². The van der Waals surface area contributed by atoms with Crippen LogP contribution in [0.3, 0.4) is 0 Å². The molecule has 2 aromatic carbocycles. The largest absolute Gasteiger partial charge is 0.417 e. The Morgan fingerprint density at radius 2 is 1.92 bits per heavy atom. The van der Waals surface area contributed by atoms with Gasteiger partial charge in [-0.05, 0) is 29.8 Å². The van der Waals surface area contributed by atoms with Crippen molar-refractivity contribution in [2.24, 2.45) is 0 Å². The summed E-state index contributed by atoms with van der Waals surface area (Å²) in [5.41, 5.74) is 0.0644. The molecule has 0 saturated carbocycles. The number of benzene rings is 2. The van der Waals surface area contributed by atoms with Gasteiger partial charge in [0.1, 0.15) is 0 Å². The van der Waals surface area contributed by atoms with E-state index in [0.717, 1.165) is 12.1 Å². The lowest BCUT2D eigenvalue weighted by Gasteiger charge is -2.25. The fraction of sp³-hybridized carbons (Fsp3) is 0.176. The average molecular weight is 369 g/mol. The normalized spacial score (nSPS) is 16.8. The van der Waals surface area contributed by atoms with Gasteiger partial charge in [0, 0.05) is 17.8 Å². The second kappa shape index (κ2) is 6.40. The molecular formula is C17H12ClF3N2O2. The van der Waals surface area contributed by atoms with Gasteiger partial charge in [-0.1, -0.05) is 29.8 Å². The van der Waals surface area contributed by atoms with Crippen LogP contribution in [0, 0.1) is 0 Å². The Kier molecular flexibility index (Phi) is 4.43. The maximum Gasteiger partial charge on any atom is 0.417 e. The molecular weight excluding hydrogens is 357 g/mol. The van der Waals surface area contributed by atoms with Crippen LogP contribution >= 0.6 is 11.6 Å². The molecule has 0 aliphatic carbocycles. The number of halogens is 4. The molecule has 4 nitrogen and oxygen atoms in total. The third-order valence-electron chi connectivity index (χ3n) is 3.86. The van der Waals surface area contributed by atoms with Crippen LogP contribution in [0.2, 0.25) is 5.02 Å². The molecule has 3 rings (SSSR count). The molecule has 1 aliphatic rings. The Morgan fingerprint density at radius 1 is 1.20 bits per heavy atom. The average Bonchev–Trinajstić information content (AvgIpc) is 2.54. The highest BCUT2D eigenvalue weighted by Crippen LogP contribution is 2.37. The third-order valence-corrected chi connectivity index (χ3v) is 4.19. The minimum absolute atomic E-state index is 0.0369. The van der Waals surface area contributed by atoms with Gasteiger partial charge in [0.2, 0.25) is 11.8 Å². The highest BCUT2D eigenvalue weighted by Gasteiger charge is 2.34. The smallest absolute Gasteiger partial charge is 0.326 e. The molecule has 130 valence electrons. The van der Waals surface area contributed by atoms with E-state index in [4.69, 9.17) is 11.6 Å². The summed E-state index contributed by atoms with van der Waals surface area (Å²) < 4.78 is 38.8. The van der Waals surface area contributed by atoms with Gasteiger partial charge < -0.3 is 10.6 Å². The van der Waals surface area contributed by atoms with Crippen molar-refractivity contribution in [3.8, 4) is 0 Å². The Bertz CT molecular complexity index is 852. The van der Waals surface area contributed by atoms with Crippen molar-refractivity contribution in [2.45, 2.75) is 18.5 Å². The number of hydrogen-bond acceptors (Lipinski definition) is 2. The molecule has 0 radical (unpaired) electrons. The van der Waals surface area contributed by atoms with Gasteiger partial charge in [0.25, 0.3) is 0 Å². The first kappa shape index (κ1) is 17.3. The predicted molar refractivity (Wildman–Crippen MR) is 87.5 cm³/mol. The molecule has 1 atom stereocenters. The SMILES string of the molecule is O=C1CC(C(=O)Nc2ccc(Cl)c(C(F)(F)F)c2)c2ccccc2N1. The maximum absolute atomic E-state index is 12.9. The molecule has 2 amide bonds. The Labute approximate surface area is 146 Å². The Hall–Kier alpha value is -2.54. The molecule has 0 bridgehead atoms. The molecule has 1 aliphatic heterocycles. The van der Waals surface area contributed by atoms with Crippen molar-refractivity contribution >= 4 is 34.8 Å². The van der Waals surface area contributed by atoms with Gasteiger partial charge in [0.05, 0.1) is 16.5 Å². The van der Waals surface area contributed by atoms with Gasteiger partial charge in [0.15, 0.2) is 0 Å². The number of fused-ring (bicyclic) bond motifs is 1. The Morgan fingerprint density at radius 3 is 2.64 bits per heavy atom. The number of alkyl halides is 3. The number of carbonyl (C=O) groups excluding carboxylic acids is 2. The van der Waals surface area contributed by atoms with Gasteiger partial charge in [-0.15, -0.1) is 0 Å². The fourth-order valence-electron chi connectivity index (χ4n) is 2.69. The summed E-state index contributed by atoms with van der Waals surface area (Å²) in [6.07, 6.45) is -4.71. The Balaban J connectivity index is 1.87. The highest BCUT2D eigenvalue weighted by molar-refractivity contribution is 6.31. The number of carbonyl (C=O) groups is 2. The lowest BCUT2D eigenvalue weighted by atomic mass is 9.90. The fourth-order valence-corrected chi connectivity index (χ4v) is 2.92. The molecule has 0 spiro atoms. The summed E-state index contributed by atoms with van der Waals surface area (Å²) in [4.78, 5) is 24.3. The van der Waals surface area contributed by atoms with Gasteiger partial charge >= 0.3 is 6.18 Å². The van der Waals surface area contributed by atoms with Crippen LogP contribution in [0.5, 0.6) is 0 Å². The predicted octanol–water partition coefficient (Wildman–Crippen LogP) is 4.42. The topological polar surface area (TPSA) is 58.2 Å². The molecule has 8 heteroatoms. The van der Waals surface area contributed by atoms with Crippen LogP contribution in [0.4, 0.5) is 24.5 Å². The van der Waals surface area contributed by atoms with Crippen LogP contribution in [0.15, 0.2) is 42.5 Å². The first-order valence-electron chi connectivity index (χ1n) is 7.32. The second-order valence-corrected chi connectivity index (χ2v) is 5.98. The van der Waals surface area contributed by atoms with Crippen molar-refractivity contribution in [2.75, 3.05) is 10.6 Å². The number of para-hydroxylation sites is 1. The molecule has 2 N–H and O–H groups in total. The first-order chi connectivity index (χ1) is 11.8. The molecule has 1 heterocycles.